The molecule has 0 amide bonds. The minimum Gasteiger partial charge on any atom is -0.466 e. The van der Waals surface area contributed by atoms with Crippen molar-refractivity contribution in [2.45, 2.75) is 44.5 Å². The molecule has 0 aromatic rings. The van der Waals surface area contributed by atoms with Gasteiger partial charge in [0.15, 0.2) is 5.79 Å². The highest BCUT2D eigenvalue weighted by Crippen LogP contribution is 2.35. The zero-order chi connectivity index (χ0) is 11.4. The van der Waals surface area contributed by atoms with Crippen molar-refractivity contribution < 1.29 is 19.0 Å². The first-order valence-electron chi connectivity index (χ1n) is 5.86. The molecule has 2 aliphatic heterocycles. The van der Waals surface area contributed by atoms with E-state index in [1.54, 1.807) is 6.92 Å². The van der Waals surface area contributed by atoms with Crippen molar-refractivity contribution in [1.82, 2.24) is 0 Å². The first kappa shape index (κ1) is 11.6. The fourth-order valence-corrected chi connectivity index (χ4v) is 2.15. The Labute approximate surface area is 95.6 Å². The summed E-state index contributed by atoms with van der Waals surface area (Å²) in [6, 6.07) is 0. The van der Waals surface area contributed by atoms with Gasteiger partial charge in [0.2, 0.25) is 0 Å². The molecule has 0 unspecified atom stereocenters. The lowest BCUT2D eigenvalue weighted by atomic mass is 10.1. The number of fused-ring (bicyclic) bond motifs is 2. The number of hydrogen-bond donors (Lipinski definition) is 0. The van der Waals surface area contributed by atoms with Crippen LogP contribution in [0.5, 0.6) is 0 Å². The maximum Gasteiger partial charge on any atom is 0.311 e. The lowest BCUT2D eigenvalue weighted by molar-refractivity contribution is -0.191. The van der Waals surface area contributed by atoms with Gasteiger partial charge in [-0.25, -0.2) is 0 Å². The van der Waals surface area contributed by atoms with Gasteiger partial charge in [-0.05, 0) is 19.8 Å². The quantitative estimate of drug-likeness (QED) is 0.543. The molecule has 0 aromatic heterocycles. The van der Waals surface area contributed by atoms with Gasteiger partial charge in [-0.15, -0.1) is 0 Å². The molecular weight excluding hydrogens is 208 g/mol. The van der Waals surface area contributed by atoms with Crippen LogP contribution in [0, 0.1) is 0 Å². The topological polar surface area (TPSA) is 44.8 Å². The van der Waals surface area contributed by atoms with Crippen LogP contribution in [0.2, 0.25) is 0 Å². The standard InChI is InChI=1S/C12H18O4/c1-2-14-11(13)8-12-7-5-3-4-6-10(16-12)9-15-12/h3-4,10H,2,5-9H2,1H3/b4-3-/t10-,12-/m0/s1. The van der Waals surface area contributed by atoms with Crippen molar-refractivity contribution in [2.75, 3.05) is 13.2 Å². The predicted octanol–water partition coefficient (Wildman–Crippen LogP) is 1.79. The van der Waals surface area contributed by atoms with Crippen LogP contribution in [0.4, 0.5) is 0 Å². The van der Waals surface area contributed by atoms with Crippen LogP contribution < -0.4 is 0 Å². The minimum atomic E-state index is -0.734. The lowest BCUT2D eigenvalue weighted by Crippen LogP contribution is -2.35. The lowest BCUT2D eigenvalue weighted by Gasteiger charge is -2.27. The summed E-state index contributed by atoms with van der Waals surface area (Å²) >= 11 is 0. The normalized spacial score (nSPS) is 35.2. The average molecular weight is 226 g/mol. The van der Waals surface area contributed by atoms with Gasteiger partial charge in [-0.3, -0.25) is 4.79 Å². The van der Waals surface area contributed by atoms with Gasteiger partial charge in [0, 0.05) is 6.42 Å². The van der Waals surface area contributed by atoms with Gasteiger partial charge < -0.3 is 14.2 Å². The Morgan fingerprint density at radius 1 is 1.56 bits per heavy atom. The highest BCUT2D eigenvalue weighted by atomic mass is 16.7. The van der Waals surface area contributed by atoms with Crippen LogP contribution in [-0.4, -0.2) is 31.1 Å². The zero-order valence-corrected chi connectivity index (χ0v) is 9.61. The fraction of sp³-hybridized carbons (Fsp3) is 0.750. The van der Waals surface area contributed by atoms with E-state index >= 15 is 0 Å². The summed E-state index contributed by atoms with van der Waals surface area (Å²) in [4.78, 5) is 11.5. The van der Waals surface area contributed by atoms with Crippen molar-refractivity contribution in [3.8, 4) is 0 Å². The summed E-state index contributed by atoms with van der Waals surface area (Å²) in [6.07, 6.45) is 7.00. The zero-order valence-electron chi connectivity index (χ0n) is 9.61. The van der Waals surface area contributed by atoms with E-state index < -0.39 is 5.79 Å². The van der Waals surface area contributed by atoms with Gasteiger partial charge in [-0.2, -0.15) is 0 Å². The molecular formula is C12H18O4. The Kier molecular flexibility index (Phi) is 3.61. The smallest absolute Gasteiger partial charge is 0.311 e. The summed E-state index contributed by atoms with van der Waals surface area (Å²) in [5, 5.41) is 0. The van der Waals surface area contributed by atoms with E-state index in [4.69, 9.17) is 14.2 Å². The number of carbonyl (C=O) groups is 1. The highest BCUT2D eigenvalue weighted by molar-refractivity contribution is 5.70. The second-order valence-electron chi connectivity index (χ2n) is 4.19. The predicted molar refractivity (Wildman–Crippen MR) is 57.8 cm³/mol. The van der Waals surface area contributed by atoms with E-state index in [9.17, 15) is 4.79 Å². The molecule has 2 heterocycles. The van der Waals surface area contributed by atoms with E-state index in [0.29, 0.717) is 13.2 Å². The summed E-state index contributed by atoms with van der Waals surface area (Å²) in [5.74, 6) is -0.977. The molecule has 0 radical (unpaired) electrons. The Balaban J connectivity index is 1.99. The van der Waals surface area contributed by atoms with Crippen LogP contribution in [0.15, 0.2) is 12.2 Å². The summed E-state index contributed by atoms with van der Waals surface area (Å²) in [5.41, 5.74) is 0. The van der Waals surface area contributed by atoms with Crippen LogP contribution in [-0.2, 0) is 19.0 Å². The largest absolute Gasteiger partial charge is 0.466 e. The van der Waals surface area contributed by atoms with Crippen LogP contribution >= 0.6 is 0 Å². The third kappa shape index (κ3) is 2.62. The first-order valence-corrected chi connectivity index (χ1v) is 5.86. The van der Waals surface area contributed by atoms with Crippen LogP contribution in [0.25, 0.3) is 0 Å². The fourth-order valence-electron chi connectivity index (χ4n) is 2.15. The molecule has 0 N–H and O–H groups in total. The Hall–Kier alpha value is -0.870. The molecule has 1 fully saturated rings. The monoisotopic (exact) mass is 226 g/mol. The van der Waals surface area contributed by atoms with Gasteiger partial charge in [0.25, 0.3) is 0 Å². The van der Waals surface area contributed by atoms with Crippen LogP contribution in [0.3, 0.4) is 0 Å². The molecule has 90 valence electrons. The van der Waals surface area contributed by atoms with Crippen molar-refractivity contribution in [3.63, 3.8) is 0 Å². The van der Waals surface area contributed by atoms with Crippen LogP contribution in [0.1, 0.15) is 32.6 Å². The minimum absolute atomic E-state index is 0.0889. The Bertz CT molecular complexity index is 287. The molecule has 2 aliphatic rings. The second-order valence-corrected chi connectivity index (χ2v) is 4.19. The molecule has 0 aromatic carbocycles. The summed E-state index contributed by atoms with van der Waals surface area (Å²) in [7, 11) is 0. The molecule has 0 spiro atoms. The number of esters is 1. The molecule has 2 bridgehead atoms. The van der Waals surface area contributed by atoms with E-state index in [1.807, 2.05) is 0 Å². The van der Waals surface area contributed by atoms with Crippen molar-refractivity contribution in [2.24, 2.45) is 0 Å². The Morgan fingerprint density at radius 3 is 3.25 bits per heavy atom. The third-order valence-electron chi connectivity index (χ3n) is 2.89. The molecule has 4 heteroatoms. The molecule has 1 saturated heterocycles. The van der Waals surface area contributed by atoms with E-state index in [0.717, 1.165) is 19.3 Å². The SMILES string of the molecule is CCOC(=O)C[C@@]12CC/C=C\C[C@@H](CO1)O2. The summed E-state index contributed by atoms with van der Waals surface area (Å²) in [6.45, 7) is 2.78. The van der Waals surface area contributed by atoms with Gasteiger partial charge in [0.1, 0.15) is 0 Å². The van der Waals surface area contributed by atoms with E-state index in [2.05, 4.69) is 12.2 Å². The van der Waals surface area contributed by atoms with Crippen molar-refractivity contribution in [1.29, 1.82) is 0 Å². The number of carbonyl (C=O) groups excluding carboxylic acids is 1. The first-order chi connectivity index (χ1) is 7.74. The van der Waals surface area contributed by atoms with Crippen molar-refractivity contribution in [3.05, 3.63) is 12.2 Å². The summed E-state index contributed by atoms with van der Waals surface area (Å²) < 4.78 is 16.5. The molecule has 16 heavy (non-hydrogen) atoms. The average Bonchev–Trinajstić information content (AvgIpc) is 2.61. The molecule has 2 atom stereocenters. The van der Waals surface area contributed by atoms with Crippen molar-refractivity contribution >= 4 is 5.97 Å². The maximum absolute atomic E-state index is 11.5. The van der Waals surface area contributed by atoms with E-state index in [1.165, 1.54) is 0 Å². The van der Waals surface area contributed by atoms with Gasteiger partial charge in [-0.1, -0.05) is 12.2 Å². The number of rotatable bonds is 3. The molecule has 0 aliphatic carbocycles. The van der Waals surface area contributed by atoms with Gasteiger partial charge in [0.05, 0.1) is 25.7 Å². The maximum atomic E-state index is 11.5. The molecule has 0 saturated carbocycles. The third-order valence-corrected chi connectivity index (χ3v) is 2.89. The molecule has 2 rings (SSSR count). The number of allylic oxidation sites excluding steroid dienone is 1. The Morgan fingerprint density at radius 2 is 2.44 bits per heavy atom. The van der Waals surface area contributed by atoms with E-state index in [-0.39, 0.29) is 18.5 Å². The van der Waals surface area contributed by atoms with Gasteiger partial charge >= 0.3 is 5.97 Å². The molecule has 4 nitrogen and oxygen atoms in total. The highest BCUT2D eigenvalue weighted by Gasteiger charge is 2.43. The number of hydrogen-bond acceptors (Lipinski definition) is 4. The number of ether oxygens (including phenoxy) is 3. The second kappa shape index (κ2) is 4.97.